The maximum Gasteiger partial charge on any atom is 0.00600 e. The monoisotopic (exact) mass is 231 g/mol. The van der Waals surface area contributed by atoms with E-state index in [-0.39, 0.29) is 0 Å². The summed E-state index contributed by atoms with van der Waals surface area (Å²) in [5, 5.41) is 0. The number of rotatable bonds is 6. The van der Waals surface area contributed by atoms with Crippen LogP contribution < -0.4 is 0 Å². The van der Waals surface area contributed by atoms with Gasteiger partial charge in [0.05, 0.1) is 0 Å². The van der Waals surface area contributed by atoms with Crippen LogP contribution in [0.3, 0.4) is 0 Å². The molecule has 0 saturated carbocycles. The zero-order chi connectivity index (χ0) is 12.8. The van der Waals surface area contributed by atoms with Crippen LogP contribution in [0.1, 0.15) is 26.2 Å². The first kappa shape index (κ1) is 14.0. The van der Waals surface area contributed by atoms with Crippen LogP contribution in [0, 0.1) is 5.92 Å². The van der Waals surface area contributed by atoms with E-state index in [0.29, 0.717) is 5.92 Å². The molecule has 1 heteroatoms. The SMILES string of the molecule is C=C(C)C(=C)C(CCN(C)C)C1=CC=CCC1. The first-order valence-electron chi connectivity index (χ1n) is 6.37. The largest absolute Gasteiger partial charge is 0.309 e. The van der Waals surface area contributed by atoms with Gasteiger partial charge in [-0.05, 0) is 52.4 Å². The van der Waals surface area contributed by atoms with E-state index < -0.39 is 0 Å². The Bertz CT molecular complexity index is 345. The second kappa shape index (κ2) is 6.61. The van der Waals surface area contributed by atoms with Gasteiger partial charge in [-0.25, -0.2) is 0 Å². The molecule has 0 aromatic carbocycles. The van der Waals surface area contributed by atoms with Crippen LogP contribution in [-0.4, -0.2) is 25.5 Å². The molecule has 0 aliphatic heterocycles. The highest BCUT2D eigenvalue weighted by Gasteiger charge is 2.18. The normalized spacial score (nSPS) is 16.8. The van der Waals surface area contributed by atoms with Gasteiger partial charge in [-0.1, -0.05) is 42.5 Å². The molecule has 0 heterocycles. The summed E-state index contributed by atoms with van der Waals surface area (Å²) in [6.45, 7) is 11.4. The van der Waals surface area contributed by atoms with Crippen molar-refractivity contribution < 1.29 is 0 Å². The van der Waals surface area contributed by atoms with E-state index in [1.54, 1.807) is 0 Å². The van der Waals surface area contributed by atoms with Gasteiger partial charge >= 0.3 is 0 Å². The fourth-order valence-corrected chi connectivity index (χ4v) is 2.18. The van der Waals surface area contributed by atoms with Crippen molar-refractivity contribution in [3.05, 3.63) is 48.1 Å². The molecule has 17 heavy (non-hydrogen) atoms. The van der Waals surface area contributed by atoms with Crippen LogP contribution in [0.5, 0.6) is 0 Å². The van der Waals surface area contributed by atoms with Gasteiger partial charge in [0.25, 0.3) is 0 Å². The van der Waals surface area contributed by atoms with Crippen LogP contribution in [0.15, 0.2) is 48.1 Å². The zero-order valence-corrected chi connectivity index (χ0v) is 11.5. The molecule has 0 fully saturated rings. The Hall–Kier alpha value is -1.08. The first-order valence-corrected chi connectivity index (χ1v) is 6.37. The molecule has 0 aromatic heterocycles. The molecule has 0 N–H and O–H groups in total. The molecule has 1 rings (SSSR count). The Morgan fingerprint density at radius 3 is 2.59 bits per heavy atom. The molecular formula is C16H25N. The van der Waals surface area contributed by atoms with Gasteiger partial charge in [-0.15, -0.1) is 0 Å². The third kappa shape index (κ3) is 4.35. The summed E-state index contributed by atoms with van der Waals surface area (Å²) in [4.78, 5) is 2.23. The van der Waals surface area contributed by atoms with Crippen molar-refractivity contribution in [3.63, 3.8) is 0 Å². The molecule has 0 spiro atoms. The number of allylic oxidation sites excluding steroid dienone is 6. The molecule has 1 nitrogen and oxygen atoms in total. The number of nitrogens with zero attached hydrogens (tertiary/aromatic N) is 1. The van der Waals surface area contributed by atoms with Crippen molar-refractivity contribution in [2.24, 2.45) is 5.92 Å². The smallest absolute Gasteiger partial charge is 0.00600 e. The molecule has 94 valence electrons. The fourth-order valence-electron chi connectivity index (χ4n) is 2.18. The summed E-state index contributed by atoms with van der Waals surface area (Å²) in [5.74, 6) is 0.472. The lowest BCUT2D eigenvalue weighted by Crippen LogP contribution is -2.19. The predicted molar refractivity (Wildman–Crippen MR) is 77.1 cm³/mol. The molecular weight excluding hydrogens is 206 g/mol. The standard InChI is InChI=1S/C16H25N/c1-13(2)14(3)16(11-12-17(4)5)15-9-7-6-8-10-15/h6-7,9,16H,1,3,8,10-12H2,2,4-5H3. The second-order valence-corrected chi connectivity index (χ2v) is 5.16. The Morgan fingerprint density at radius 1 is 1.41 bits per heavy atom. The minimum Gasteiger partial charge on any atom is -0.309 e. The summed E-state index contributed by atoms with van der Waals surface area (Å²) >= 11 is 0. The van der Waals surface area contributed by atoms with Crippen molar-refractivity contribution >= 4 is 0 Å². The van der Waals surface area contributed by atoms with Gasteiger partial charge in [0.1, 0.15) is 0 Å². The van der Waals surface area contributed by atoms with Gasteiger partial charge in [-0.3, -0.25) is 0 Å². The Labute approximate surface area is 106 Å². The lowest BCUT2D eigenvalue weighted by molar-refractivity contribution is 0.379. The van der Waals surface area contributed by atoms with Crippen molar-refractivity contribution in [3.8, 4) is 0 Å². The van der Waals surface area contributed by atoms with Crippen LogP contribution in [0.2, 0.25) is 0 Å². The van der Waals surface area contributed by atoms with E-state index in [0.717, 1.165) is 25.0 Å². The summed E-state index contributed by atoms with van der Waals surface area (Å²) in [6.07, 6.45) is 10.1. The molecule has 1 atom stereocenters. The average Bonchev–Trinajstić information content (AvgIpc) is 2.30. The summed E-state index contributed by atoms with van der Waals surface area (Å²) < 4.78 is 0. The molecule has 0 saturated heterocycles. The first-order chi connectivity index (χ1) is 8.02. The minimum absolute atomic E-state index is 0.472. The van der Waals surface area contributed by atoms with E-state index in [2.05, 4.69) is 57.3 Å². The highest BCUT2D eigenvalue weighted by Crippen LogP contribution is 2.31. The fraction of sp³-hybridized carbons (Fsp3) is 0.500. The predicted octanol–water partition coefficient (Wildman–Crippen LogP) is 3.96. The maximum absolute atomic E-state index is 4.22. The van der Waals surface area contributed by atoms with E-state index >= 15 is 0 Å². The van der Waals surface area contributed by atoms with E-state index in [4.69, 9.17) is 0 Å². The molecule has 0 bridgehead atoms. The summed E-state index contributed by atoms with van der Waals surface area (Å²) in [6, 6.07) is 0. The highest BCUT2D eigenvalue weighted by molar-refractivity contribution is 5.35. The topological polar surface area (TPSA) is 3.24 Å². The Morgan fingerprint density at radius 2 is 2.12 bits per heavy atom. The maximum atomic E-state index is 4.22. The second-order valence-electron chi connectivity index (χ2n) is 5.16. The molecule has 1 aliphatic carbocycles. The van der Waals surface area contributed by atoms with Crippen molar-refractivity contribution in [2.45, 2.75) is 26.2 Å². The van der Waals surface area contributed by atoms with Crippen LogP contribution in [-0.2, 0) is 0 Å². The van der Waals surface area contributed by atoms with Gasteiger partial charge in [0.15, 0.2) is 0 Å². The molecule has 0 radical (unpaired) electrons. The van der Waals surface area contributed by atoms with E-state index in [1.165, 1.54) is 17.6 Å². The van der Waals surface area contributed by atoms with Gasteiger partial charge < -0.3 is 4.90 Å². The van der Waals surface area contributed by atoms with Gasteiger partial charge in [0, 0.05) is 5.92 Å². The van der Waals surface area contributed by atoms with E-state index in [1.807, 2.05) is 0 Å². The number of hydrogen-bond acceptors (Lipinski definition) is 1. The Balaban J connectivity index is 2.78. The molecule has 1 aliphatic rings. The highest BCUT2D eigenvalue weighted by atomic mass is 15.0. The zero-order valence-electron chi connectivity index (χ0n) is 11.5. The van der Waals surface area contributed by atoms with Crippen molar-refractivity contribution in [2.75, 3.05) is 20.6 Å². The van der Waals surface area contributed by atoms with Crippen LogP contribution >= 0.6 is 0 Å². The third-order valence-corrected chi connectivity index (χ3v) is 3.33. The van der Waals surface area contributed by atoms with Gasteiger partial charge in [0.2, 0.25) is 0 Å². The number of hydrogen-bond donors (Lipinski definition) is 0. The lowest BCUT2D eigenvalue weighted by Gasteiger charge is -2.25. The summed E-state index contributed by atoms with van der Waals surface area (Å²) in [5.41, 5.74) is 3.83. The van der Waals surface area contributed by atoms with Crippen LogP contribution in [0.4, 0.5) is 0 Å². The van der Waals surface area contributed by atoms with Crippen molar-refractivity contribution in [1.82, 2.24) is 4.90 Å². The average molecular weight is 231 g/mol. The molecule has 0 amide bonds. The quantitative estimate of drug-likeness (QED) is 0.625. The molecule has 0 aromatic rings. The van der Waals surface area contributed by atoms with Gasteiger partial charge in [-0.2, -0.15) is 0 Å². The lowest BCUT2D eigenvalue weighted by atomic mass is 9.82. The molecule has 1 unspecified atom stereocenters. The van der Waals surface area contributed by atoms with Crippen molar-refractivity contribution in [1.29, 1.82) is 0 Å². The minimum atomic E-state index is 0.472. The summed E-state index contributed by atoms with van der Waals surface area (Å²) in [7, 11) is 4.24. The Kier molecular flexibility index (Phi) is 5.43. The van der Waals surface area contributed by atoms with E-state index in [9.17, 15) is 0 Å². The van der Waals surface area contributed by atoms with Crippen LogP contribution in [0.25, 0.3) is 0 Å². The third-order valence-electron chi connectivity index (χ3n) is 3.33.